The molecule has 0 atom stereocenters. The van der Waals surface area contributed by atoms with Crippen LogP contribution in [-0.4, -0.2) is 18.3 Å². The fourth-order valence-electron chi connectivity index (χ4n) is 2.13. The Bertz CT molecular complexity index is 745. The Morgan fingerprint density at radius 3 is 2.44 bits per heavy atom. The Kier molecular flexibility index (Phi) is 7.29. The van der Waals surface area contributed by atoms with Crippen LogP contribution in [0.25, 0.3) is 0 Å². The van der Waals surface area contributed by atoms with Gasteiger partial charge in [-0.05, 0) is 48.7 Å². The number of ketones is 1. The number of nitrogens with one attached hydrogen (secondary N) is 1. The fraction of sp³-hybridized carbons (Fsp3) is 0.263. The fourth-order valence-corrected chi connectivity index (χ4v) is 2.61. The second-order valence-corrected chi connectivity index (χ2v) is 6.49. The van der Waals surface area contributed by atoms with Crippen molar-refractivity contribution >= 4 is 34.9 Å². The number of carbonyl (C=O) groups excluding carboxylic acids is 2. The van der Waals surface area contributed by atoms with Gasteiger partial charge in [-0.2, -0.15) is 0 Å². The zero-order valence-electron chi connectivity index (χ0n) is 13.9. The highest BCUT2D eigenvalue weighted by Gasteiger charge is 2.06. The highest BCUT2D eigenvalue weighted by atomic mass is 35.5. The molecule has 0 spiro atoms. The van der Waals surface area contributed by atoms with Gasteiger partial charge in [0.2, 0.25) is 0 Å². The van der Waals surface area contributed by atoms with Crippen molar-refractivity contribution in [1.82, 2.24) is 5.32 Å². The molecule has 0 fully saturated rings. The van der Waals surface area contributed by atoms with Crippen molar-refractivity contribution in [2.45, 2.75) is 26.3 Å². The van der Waals surface area contributed by atoms with Gasteiger partial charge in [0.15, 0.2) is 6.61 Å². The van der Waals surface area contributed by atoms with E-state index in [1.807, 2.05) is 12.1 Å². The van der Waals surface area contributed by atoms with Gasteiger partial charge in [-0.1, -0.05) is 41.4 Å². The molecule has 0 saturated heterocycles. The molecule has 0 bridgehead atoms. The molecular formula is C19H19Cl2NO3. The Balaban J connectivity index is 1.76. The molecule has 0 aliphatic heterocycles. The van der Waals surface area contributed by atoms with Gasteiger partial charge in [-0.3, -0.25) is 4.79 Å². The van der Waals surface area contributed by atoms with E-state index >= 15 is 0 Å². The van der Waals surface area contributed by atoms with E-state index < -0.39 is 0 Å². The lowest BCUT2D eigenvalue weighted by atomic mass is 10.1. The molecule has 2 aromatic rings. The van der Waals surface area contributed by atoms with Crippen LogP contribution in [0.3, 0.4) is 0 Å². The summed E-state index contributed by atoms with van der Waals surface area (Å²) < 4.78 is 5.45. The summed E-state index contributed by atoms with van der Waals surface area (Å²) in [7, 11) is 0. The summed E-state index contributed by atoms with van der Waals surface area (Å²) in [6.07, 6.45) is 1.23. The molecule has 0 aromatic heterocycles. The summed E-state index contributed by atoms with van der Waals surface area (Å²) in [4.78, 5) is 22.8. The van der Waals surface area contributed by atoms with E-state index in [2.05, 4.69) is 5.32 Å². The summed E-state index contributed by atoms with van der Waals surface area (Å²) in [6, 6.07) is 12.5. The van der Waals surface area contributed by atoms with E-state index in [1.54, 1.807) is 37.3 Å². The topological polar surface area (TPSA) is 55.4 Å². The maximum Gasteiger partial charge on any atom is 0.258 e. The average Bonchev–Trinajstić information content (AvgIpc) is 2.58. The summed E-state index contributed by atoms with van der Waals surface area (Å²) in [5.74, 6) is 0.524. The van der Waals surface area contributed by atoms with Gasteiger partial charge in [0, 0.05) is 23.0 Å². The maximum atomic E-state index is 11.9. The van der Waals surface area contributed by atoms with E-state index in [9.17, 15) is 9.59 Å². The number of aryl methyl sites for hydroxylation is 1. The standard InChI is InChI=1S/C19H19Cl2NO3/c1-13(23)2-3-14-4-8-17(9-5-14)25-12-19(24)22-11-15-6-7-16(20)10-18(15)21/h4-10H,2-3,11-12H2,1H3,(H,22,24). The molecule has 132 valence electrons. The first-order valence-corrected chi connectivity index (χ1v) is 8.61. The van der Waals surface area contributed by atoms with Crippen LogP contribution >= 0.6 is 23.2 Å². The molecular weight excluding hydrogens is 361 g/mol. The largest absolute Gasteiger partial charge is 0.484 e. The lowest BCUT2D eigenvalue weighted by Gasteiger charge is -2.09. The molecule has 0 aliphatic carbocycles. The van der Waals surface area contributed by atoms with Crippen LogP contribution in [0.5, 0.6) is 5.75 Å². The predicted octanol–water partition coefficient (Wildman–Crippen LogP) is 4.21. The Hall–Kier alpha value is -2.04. The molecule has 0 unspecified atom stereocenters. The third-order valence-electron chi connectivity index (χ3n) is 3.55. The van der Waals surface area contributed by atoms with E-state index in [1.165, 1.54) is 0 Å². The molecule has 4 nitrogen and oxygen atoms in total. The first kappa shape index (κ1) is 19.3. The molecule has 2 rings (SSSR count). The van der Waals surface area contributed by atoms with Crippen LogP contribution in [0.1, 0.15) is 24.5 Å². The minimum Gasteiger partial charge on any atom is -0.484 e. The van der Waals surface area contributed by atoms with Gasteiger partial charge in [-0.15, -0.1) is 0 Å². The molecule has 1 amide bonds. The van der Waals surface area contributed by atoms with Crippen LogP contribution in [0, 0.1) is 0 Å². The number of ether oxygens (including phenoxy) is 1. The second-order valence-electron chi connectivity index (χ2n) is 5.65. The van der Waals surface area contributed by atoms with Crippen molar-refractivity contribution in [3.05, 3.63) is 63.6 Å². The average molecular weight is 380 g/mol. The van der Waals surface area contributed by atoms with Crippen LogP contribution in [0.15, 0.2) is 42.5 Å². The highest BCUT2D eigenvalue weighted by Crippen LogP contribution is 2.20. The quantitative estimate of drug-likeness (QED) is 0.747. The number of amides is 1. The molecule has 1 N–H and O–H groups in total. The van der Waals surface area contributed by atoms with Crippen LogP contribution in [-0.2, 0) is 22.6 Å². The van der Waals surface area contributed by atoms with Crippen LogP contribution in [0.4, 0.5) is 0 Å². The molecule has 0 aliphatic rings. The molecule has 25 heavy (non-hydrogen) atoms. The summed E-state index contributed by atoms with van der Waals surface area (Å²) >= 11 is 11.9. The number of Topliss-reactive ketones (excluding diaryl/α,β-unsaturated/α-hetero) is 1. The molecule has 2 aromatic carbocycles. The zero-order chi connectivity index (χ0) is 18.2. The van der Waals surface area contributed by atoms with Crippen molar-refractivity contribution in [2.24, 2.45) is 0 Å². The van der Waals surface area contributed by atoms with Crippen molar-refractivity contribution in [3.8, 4) is 5.75 Å². The van der Waals surface area contributed by atoms with Crippen molar-refractivity contribution < 1.29 is 14.3 Å². The van der Waals surface area contributed by atoms with Gasteiger partial charge in [0.05, 0.1) is 0 Å². The normalized spacial score (nSPS) is 10.4. The first-order valence-electron chi connectivity index (χ1n) is 7.86. The minimum atomic E-state index is -0.244. The minimum absolute atomic E-state index is 0.0853. The van der Waals surface area contributed by atoms with Crippen molar-refractivity contribution in [1.29, 1.82) is 0 Å². The maximum absolute atomic E-state index is 11.9. The Morgan fingerprint density at radius 1 is 1.08 bits per heavy atom. The molecule has 6 heteroatoms. The number of rotatable bonds is 8. The lowest BCUT2D eigenvalue weighted by molar-refractivity contribution is -0.123. The van der Waals surface area contributed by atoms with E-state index in [0.717, 1.165) is 11.1 Å². The zero-order valence-corrected chi connectivity index (χ0v) is 15.4. The number of halogens is 2. The number of carbonyl (C=O) groups is 2. The summed E-state index contributed by atoms with van der Waals surface area (Å²) in [5, 5.41) is 3.80. The Morgan fingerprint density at radius 2 is 1.80 bits per heavy atom. The van der Waals surface area contributed by atoms with E-state index in [4.69, 9.17) is 27.9 Å². The first-order chi connectivity index (χ1) is 11.9. The summed E-state index contributed by atoms with van der Waals surface area (Å²) in [6.45, 7) is 1.80. The Labute approximate surface area is 157 Å². The third kappa shape index (κ3) is 6.77. The summed E-state index contributed by atoms with van der Waals surface area (Å²) in [5.41, 5.74) is 1.85. The second kappa shape index (κ2) is 9.44. The van der Waals surface area contributed by atoms with Gasteiger partial charge in [-0.25, -0.2) is 0 Å². The van der Waals surface area contributed by atoms with E-state index in [-0.39, 0.29) is 18.3 Å². The van der Waals surface area contributed by atoms with Crippen molar-refractivity contribution in [2.75, 3.05) is 6.61 Å². The van der Waals surface area contributed by atoms with Gasteiger partial charge < -0.3 is 14.8 Å². The monoisotopic (exact) mass is 379 g/mol. The number of hydrogen-bond acceptors (Lipinski definition) is 3. The van der Waals surface area contributed by atoms with Crippen molar-refractivity contribution in [3.63, 3.8) is 0 Å². The molecule has 0 heterocycles. The lowest BCUT2D eigenvalue weighted by Crippen LogP contribution is -2.28. The predicted molar refractivity (Wildman–Crippen MR) is 99.2 cm³/mol. The van der Waals surface area contributed by atoms with Gasteiger partial charge >= 0.3 is 0 Å². The van der Waals surface area contributed by atoms with Crippen LogP contribution in [0.2, 0.25) is 10.0 Å². The smallest absolute Gasteiger partial charge is 0.258 e. The SMILES string of the molecule is CC(=O)CCc1ccc(OCC(=O)NCc2ccc(Cl)cc2Cl)cc1. The van der Waals surface area contributed by atoms with Gasteiger partial charge in [0.1, 0.15) is 11.5 Å². The van der Waals surface area contributed by atoms with E-state index in [0.29, 0.717) is 35.2 Å². The van der Waals surface area contributed by atoms with Gasteiger partial charge in [0.25, 0.3) is 5.91 Å². The number of benzene rings is 2. The van der Waals surface area contributed by atoms with Crippen LogP contribution < -0.4 is 10.1 Å². The number of hydrogen-bond donors (Lipinski definition) is 1. The molecule has 0 radical (unpaired) electrons. The molecule has 0 saturated carbocycles. The third-order valence-corrected chi connectivity index (χ3v) is 4.14. The highest BCUT2D eigenvalue weighted by molar-refractivity contribution is 6.35.